The highest BCUT2D eigenvalue weighted by molar-refractivity contribution is 7.22. The summed E-state index contributed by atoms with van der Waals surface area (Å²) in [5, 5.41) is 4.48. The van der Waals surface area contributed by atoms with Crippen LogP contribution in [-0.4, -0.2) is 48.5 Å². The monoisotopic (exact) mass is 451 g/mol. The van der Waals surface area contributed by atoms with Crippen LogP contribution in [0.25, 0.3) is 10.2 Å². The zero-order chi connectivity index (χ0) is 23.0. The van der Waals surface area contributed by atoms with Crippen molar-refractivity contribution in [3.63, 3.8) is 0 Å². The average Bonchev–Trinajstić information content (AvgIpc) is 3.25. The molecule has 0 saturated carbocycles. The second kappa shape index (κ2) is 8.98. The highest BCUT2D eigenvalue weighted by atomic mass is 32.1. The van der Waals surface area contributed by atoms with Crippen LogP contribution < -0.4 is 16.0 Å². The molecule has 7 heteroatoms. The molecule has 170 valence electrons. The summed E-state index contributed by atoms with van der Waals surface area (Å²) in [4.78, 5) is 22.0. The molecule has 1 saturated heterocycles. The zero-order valence-electron chi connectivity index (χ0n) is 19.7. The standard InChI is InChI=1S/C25H33N5OS/c1-15-17(3)24(18(4)16(2)23(15)26)27-14-22(31)29(5)19-10-12-30(13-11-19)25-28-20-8-6-7-9-21(20)32-25/h6-9,19,27H,10-14,26H2,1-5H3. The number of likely N-dealkylation sites (N-methyl/N-ethyl adjacent to an activating group) is 1. The number of anilines is 3. The fourth-order valence-electron chi connectivity index (χ4n) is 4.54. The minimum atomic E-state index is 0.120. The SMILES string of the molecule is Cc1c(C)c(NCC(=O)N(C)C2CCN(c3nc4ccccc4s3)CC2)c(C)c(C)c1N. The van der Waals surface area contributed by atoms with Crippen LogP contribution in [0.1, 0.15) is 35.1 Å². The van der Waals surface area contributed by atoms with Crippen LogP contribution in [0.15, 0.2) is 24.3 Å². The third-order valence-electron chi connectivity index (χ3n) is 7.06. The van der Waals surface area contributed by atoms with E-state index in [1.165, 1.54) is 4.70 Å². The van der Waals surface area contributed by atoms with E-state index in [2.05, 4.69) is 42.3 Å². The van der Waals surface area contributed by atoms with E-state index in [1.54, 1.807) is 11.3 Å². The van der Waals surface area contributed by atoms with Gasteiger partial charge in [0, 0.05) is 37.6 Å². The summed E-state index contributed by atoms with van der Waals surface area (Å²) in [6.07, 6.45) is 1.91. The number of nitrogens with one attached hydrogen (secondary N) is 1. The van der Waals surface area contributed by atoms with Crippen LogP contribution in [0, 0.1) is 27.7 Å². The number of thiazole rings is 1. The van der Waals surface area contributed by atoms with Crippen molar-refractivity contribution < 1.29 is 4.79 Å². The van der Waals surface area contributed by atoms with Crippen LogP contribution in [0.2, 0.25) is 0 Å². The molecular formula is C25H33N5OS. The summed E-state index contributed by atoms with van der Waals surface area (Å²) in [5.74, 6) is 0.120. The lowest BCUT2D eigenvalue weighted by atomic mass is 9.96. The first kappa shape index (κ1) is 22.4. The third-order valence-corrected chi connectivity index (χ3v) is 8.16. The number of rotatable bonds is 5. The van der Waals surface area contributed by atoms with Gasteiger partial charge < -0.3 is 20.9 Å². The van der Waals surface area contributed by atoms with Crippen molar-refractivity contribution in [1.82, 2.24) is 9.88 Å². The van der Waals surface area contributed by atoms with Crippen LogP contribution in [0.5, 0.6) is 0 Å². The predicted octanol–water partition coefficient (Wildman–Crippen LogP) is 4.65. The van der Waals surface area contributed by atoms with Gasteiger partial charge in [0.2, 0.25) is 5.91 Å². The summed E-state index contributed by atoms with van der Waals surface area (Å²) >= 11 is 1.75. The maximum atomic E-state index is 13.0. The van der Waals surface area contributed by atoms with E-state index in [0.717, 1.165) is 70.2 Å². The summed E-state index contributed by atoms with van der Waals surface area (Å²) in [5.41, 5.74) is 13.5. The minimum absolute atomic E-state index is 0.120. The molecule has 0 aliphatic carbocycles. The van der Waals surface area contributed by atoms with Gasteiger partial charge in [0.25, 0.3) is 0 Å². The number of hydrogen-bond acceptors (Lipinski definition) is 6. The van der Waals surface area contributed by atoms with Crippen molar-refractivity contribution in [3.05, 3.63) is 46.5 Å². The van der Waals surface area contributed by atoms with E-state index in [0.29, 0.717) is 6.54 Å². The fraction of sp³-hybridized carbons (Fsp3) is 0.440. The molecule has 0 bridgehead atoms. The molecule has 3 aromatic rings. The smallest absolute Gasteiger partial charge is 0.241 e. The third kappa shape index (κ3) is 4.13. The van der Waals surface area contributed by atoms with Crippen molar-refractivity contribution in [2.75, 3.05) is 42.6 Å². The lowest BCUT2D eigenvalue weighted by Gasteiger charge is -2.36. The van der Waals surface area contributed by atoms with Crippen molar-refractivity contribution >= 4 is 44.0 Å². The summed E-state index contributed by atoms with van der Waals surface area (Å²) in [7, 11) is 1.93. The van der Waals surface area contributed by atoms with E-state index >= 15 is 0 Å². The quantitative estimate of drug-likeness (QED) is 0.552. The number of nitrogen functional groups attached to an aromatic ring is 1. The number of nitrogens with zero attached hydrogens (tertiary/aromatic N) is 3. The molecule has 1 aromatic heterocycles. The Labute approximate surface area is 194 Å². The minimum Gasteiger partial charge on any atom is -0.398 e. The molecule has 0 radical (unpaired) electrons. The van der Waals surface area contributed by atoms with E-state index in [-0.39, 0.29) is 11.9 Å². The molecule has 1 amide bonds. The number of nitrogens with two attached hydrogens (primary N) is 1. The van der Waals surface area contributed by atoms with Gasteiger partial charge in [-0.25, -0.2) is 4.98 Å². The second-order valence-electron chi connectivity index (χ2n) is 8.83. The molecule has 2 aromatic carbocycles. The van der Waals surface area contributed by atoms with Gasteiger partial charge in [0.1, 0.15) is 0 Å². The van der Waals surface area contributed by atoms with Gasteiger partial charge in [0.15, 0.2) is 5.13 Å². The van der Waals surface area contributed by atoms with E-state index in [4.69, 9.17) is 10.7 Å². The lowest BCUT2D eigenvalue weighted by molar-refractivity contribution is -0.130. The van der Waals surface area contributed by atoms with Crippen molar-refractivity contribution in [2.24, 2.45) is 0 Å². The number of piperidine rings is 1. The number of aromatic nitrogens is 1. The van der Waals surface area contributed by atoms with Gasteiger partial charge in [-0.1, -0.05) is 23.5 Å². The molecule has 4 rings (SSSR count). The van der Waals surface area contributed by atoms with E-state index in [1.807, 2.05) is 31.9 Å². The van der Waals surface area contributed by atoms with Gasteiger partial charge in [-0.3, -0.25) is 4.79 Å². The van der Waals surface area contributed by atoms with Gasteiger partial charge >= 0.3 is 0 Å². The highest BCUT2D eigenvalue weighted by Crippen LogP contribution is 2.33. The number of fused-ring (bicyclic) bond motifs is 1. The molecular weight excluding hydrogens is 418 g/mol. The Morgan fingerprint density at radius 2 is 1.75 bits per heavy atom. The zero-order valence-corrected chi connectivity index (χ0v) is 20.5. The van der Waals surface area contributed by atoms with Crippen molar-refractivity contribution in [2.45, 2.75) is 46.6 Å². The first-order valence-electron chi connectivity index (χ1n) is 11.2. The first-order valence-corrected chi connectivity index (χ1v) is 12.1. The Morgan fingerprint density at radius 3 is 2.38 bits per heavy atom. The van der Waals surface area contributed by atoms with Gasteiger partial charge in [-0.2, -0.15) is 0 Å². The summed E-state index contributed by atoms with van der Waals surface area (Å²) in [6, 6.07) is 8.53. The highest BCUT2D eigenvalue weighted by Gasteiger charge is 2.27. The molecule has 1 fully saturated rings. The van der Waals surface area contributed by atoms with Gasteiger partial charge in [-0.15, -0.1) is 0 Å². The van der Waals surface area contributed by atoms with Gasteiger partial charge in [-0.05, 0) is 74.9 Å². The Bertz CT molecular complexity index is 1080. The number of carbonyl (C=O) groups is 1. The Balaban J connectivity index is 1.35. The van der Waals surface area contributed by atoms with Crippen molar-refractivity contribution in [1.29, 1.82) is 0 Å². The molecule has 32 heavy (non-hydrogen) atoms. The number of amides is 1. The first-order chi connectivity index (χ1) is 15.3. The van der Waals surface area contributed by atoms with Crippen LogP contribution in [-0.2, 0) is 4.79 Å². The van der Waals surface area contributed by atoms with E-state index < -0.39 is 0 Å². The number of hydrogen-bond donors (Lipinski definition) is 2. The summed E-state index contributed by atoms with van der Waals surface area (Å²) in [6.45, 7) is 10.3. The number of benzene rings is 2. The largest absolute Gasteiger partial charge is 0.398 e. The molecule has 0 spiro atoms. The number of carbonyl (C=O) groups excluding carboxylic acids is 1. The molecule has 1 aliphatic rings. The fourth-order valence-corrected chi connectivity index (χ4v) is 5.56. The molecule has 6 nitrogen and oxygen atoms in total. The van der Waals surface area contributed by atoms with Crippen LogP contribution in [0.3, 0.4) is 0 Å². The Kier molecular flexibility index (Phi) is 6.29. The second-order valence-corrected chi connectivity index (χ2v) is 9.84. The van der Waals surface area contributed by atoms with Crippen molar-refractivity contribution in [3.8, 4) is 0 Å². The van der Waals surface area contributed by atoms with Crippen LogP contribution >= 0.6 is 11.3 Å². The maximum Gasteiger partial charge on any atom is 0.241 e. The average molecular weight is 452 g/mol. The molecule has 2 heterocycles. The van der Waals surface area contributed by atoms with Gasteiger partial charge in [0.05, 0.1) is 16.8 Å². The molecule has 3 N–H and O–H groups in total. The predicted molar refractivity (Wildman–Crippen MR) is 136 cm³/mol. The van der Waals surface area contributed by atoms with Crippen LogP contribution in [0.4, 0.5) is 16.5 Å². The maximum absolute atomic E-state index is 13.0. The Hall–Kier alpha value is -2.80. The molecule has 1 aliphatic heterocycles. The number of para-hydroxylation sites is 1. The topological polar surface area (TPSA) is 74.5 Å². The lowest BCUT2D eigenvalue weighted by Crippen LogP contribution is -2.47. The Morgan fingerprint density at radius 1 is 1.12 bits per heavy atom. The normalized spacial score (nSPS) is 14.7. The molecule has 0 atom stereocenters. The summed E-state index contributed by atoms with van der Waals surface area (Å²) < 4.78 is 1.22. The van der Waals surface area contributed by atoms with E-state index in [9.17, 15) is 4.79 Å². The molecule has 0 unspecified atom stereocenters.